The number of carbonyl (C=O) groups is 1. The zero-order chi connectivity index (χ0) is 16.4. The number of hydrogen-bond acceptors (Lipinski definition) is 5. The van der Waals surface area contributed by atoms with E-state index in [4.69, 9.17) is 9.47 Å². The zero-order valence-corrected chi connectivity index (χ0v) is 14.1. The summed E-state index contributed by atoms with van der Waals surface area (Å²) in [5.74, 6) is -0.312. The maximum absolute atomic E-state index is 12.1. The number of ether oxygens (including phenoxy) is 2. The second kappa shape index (κ2) is 6.99. The summed E-state index contributed by atoms with van der Waals surface area (Å²) in [5, 5.41) is 0. The van der Waals surface area contributed by atoms with Gasteiger partial charge < -0.3 is 14.4 Å². The molecule has 0 N–H and O–H groups in total. The minimum atomic E-state index is -0.323. The average molecular weight is 318 g/mol. The fraction of sp³-hybridized carbons (Fsp3) is 0.611. The second-order valence-corrected chi connectivity index (χ2v) is 6.75. The van der Waals surface area contributed by atoms with Crippen LogP contribution in [0, 0.1) is 5.92 Å². The van der Waals surface area contributed by atoms with Gasteiger partial charge in [-0.2, -0.15) is 0 Å². The van der Waals surface area contributed by atoms with E-state index in [2.05, 4.69) is 16.8 Å². The molecule has 5 nitrogen and oxygen atoms in total. The Kier molecular flexibility index (Phi) is 4.99. The van der Waals surface area contributed by atoms with Crippen LogP contribution >= 0.6 is 0 Å². The van der Waals surface area contributed by atoms with Gasteiger partial charge in [0.1, 0.15) is 12.3 Å². The molecule has 2 saturated heterocycles. The van der Waals surface area contributed by atoms with Gasteiger partial charge in [-0.1, -0.05) is 44.2 Å². The highest BCUT2D eigenvalue weighted by Crippen LogP contribution is 2.39. The predicted octanol–water partition coefficient (Wildman–Crippen LogP) is 1.90. The molecule has 0 amide bonds. The summed E-state index contributed by atoms with van der Waals surface area (Å²) in [5.41, 5.74) is 1.00. The van der Waals surface area contributed by atoms with Crippen LogP contribution in [0.1, 0.15) is 25.5 Å². The van der Waals surface area contributed by atoms with Gasteiger partial charge in [0.25, 0.3) is 0 Å². The lowest BCUT2D eigenvalue weighted by molar-refractivity contribution is -0.154. The molecule has 1 aromatic carbocycles. The summed E-state index contributed by atoms with van der Waals surface area (Å²) in [6.07, 6.45) is -0.326. The standard InChI is InChI=1S/C18H26N2O3/c1-13(2)18(21)23-15(14-7-5-4-6-8-14)16-17(22-16)20-11-9-19(3)10-12-20/h4-8,13,15-17H,9-12H2,1-3H3. The summed E-state index contributed by atoms with van der Waals surface area (Å²) in [7, 11) is 2.14. The molecule has 0 bridgehead atoms. The number of esters is 1. The lowest BCUT2D eigenvalue weighted by atomic mass is 10.1. The van der Waals surface area contributed by atoms with Crippen molar-refractivity contribution in [1.82, 2.24) is 9.80 Å². The van der Waals surface area contributed by atoms with Crippen LogP contribution in [-0.4, -0.2) is 61.3 Å². The molecular weight excluding hydrogens is 292 g/mol. The molecule has 2 heterocycles. The van der Waals surface area contributed by atoms with E-state index in [1.807, 2.05) is 44.2 Å². The second-order valence-electron chi connectivity index (χ2n) is 6.75. The Morgan fingerprint density at radius 3 is 2.43 bits per heavy atom. The summed E-state index contributed by atoms with van der Waals surface area (Å²) in [6.45, 7) is 7.81. The normalized spacial score (nSPS) is 27.0. The molecule has 0 radical (unpaired) electrons. The molecule has 23 heavy (non-hydrogen) atoms. The minimum Gasteiger partial charge on any atom is -0.454 e. The van der Waals surface area contributed by atoms with E-state index in [0.717, 1.165) is 31.7 Å². The van der Waals surface area contributed by atoms with Crippen molar-refractivity contribution in [1.29, 1.82) is 0 Å². The highest BCUT2D eigenvalue weighted by Gasteiger charge is 2.51. The van der Waals surface area contributed by atoms with Gasteiger partial charge in [0.2, 0.25) is 0 Å². The minimum absolute atomic E-state index is 0.0638. The Morgan fingerprint density at radius 1 is 1.17 bits per heavy atom. The first-order valence-electron chi connectivity index (χ1n) is 8.40. The van der Waals surface area contributed by atoms with Crippen LogP contribution in [0.15, 0.2) is 30.3 Å². The van der Waals surface area contributed by atoms with E-state index >= 15 is 0 Å². The SMILES string of the molecule is CC(C)C(=O)OC(c1ccccc1)C1OC1N1CCN(C)CC1. The highest BCUT2D eigenvalue weighted by atomic mass is 16.6. The van der Waals surface area contributed by atoms with Crippen LogP contribution in [-0.2, 0) is 14.3 Å². The monoisotopic (exact) mass is 318 g/mol. The number of benzene rings is 1. The number of carbonyl (C=O) groups excluding carboxylic acids is 1. The Morgan fingerprint density at radius 2 is 1.83 bits per heavy atom. The lowest BCUT2D eigenvalue weighted by Gasteiger charge is -2.31. The molecule has 0 spiro atoms. The van der Waals surface area contributed by atoms with Crippen molar-refractivity contribution in [2.45, 2.75) is 32.3 Å². The number of rotatable bonds is 5. The summed E-state index contributed by atoms with van der Waals surface area (Å²) in [4.78, 5) is 16.8. The van der Waals surface area contributed by atoms with Crippen molar-refractivity contribution >= 4 is 5.97 Å². The number of likely N-dealkylation sites (N-methyl/N-ethyl adjacent to an activating group) is 1. The van der Waals surface area contributed by atoms with E-state index in [1.54, 1.807) is 0 Å². The van der Waals surface area contributed by atoms with Gasteiger partial charge in [0.05, 0.1) is 5.92 Å². The smallest absolute Gasteiger partial charge is 0.309 e. The molecular formula is C18H26N2O3. The Bertz CT molecular complexity index is 526. The quantitative estimate of drug-likeness (QED) is 0.613. The molecule has 2 aliphatic rings. The van der Waals surface area contributed by atoms with Crippen molar-refractivity contribution in [2.24, 2.45) is 5.92 Å². The number of nitrogens with zero attached hydrogens (tertiary/aromatic N) is 2. The topological polar surface area (TPSA) is 45.3 Å². The molecule has 5 heteroatoms. The first-order valence-corrected chi connectivity index (χ1v) is 8.40. The van der Waals surface area contributed by atoms with E-state index in [1.165, 1.54) is 0 Å². The van der Waals surface area contributed by atoms with Gasteiger partial charge in [0, 0.05) is 26.2 Å². The molecule has 3 rings (SSSR count). The summed E-state index contributed by atoms with van der Waals surface area (Å²) in [6, 6.07) is 9.91. The molecule has 0 saturated carbocycles. The van der Waals surface area contributed by atoms with Gasteiger partial charge in [-0.25, -0.2) is 0 Å². The fourth-order valence-electron chi connectivity index (χ4n) is 2.94. The lowest BCUT2D eigenvalue weighted by Crippen LogP contribution is -2.46. The van der Waals surface area contributed by atoms with Gasteiger partial charge in [-0.05, 0) is 12.6 Å². The molecule has 1 aromatic rings. The molecule has 3 unspecified atom stereocenters. The van der Waals surface area contributed by atoms with Crippen LogP contribution in [0.2, 0.25) is 0 Å². The molecule has 2 aliphatic heterocycles. The number of hydrogen-bond donors (Lipinski definition) is 0. The van der Waals surface area contributed by atoms with Gasteiger partial charge >= 0.3 is 5.97 Å². The Labute approximate surface area is 138 Å². The molecule has 3 atom stereocenters. The average Bonchev–Trinajstić information content (AvgIpc) is 3.34. The number of epoxide rings is 1. The van der Waals surface area contributed by atoms with Crippen LogP contribution in [0.4, 0.5) is 0 Å². The van der Waals surface area contributed by atoms with Crippen LogP contribution < -0.4 is 0 Å². The van der Waals surface area contributed by atoms with Crippen LogP contribution in [0.5, 0.6) is 0 Å². The van der Waals surface area contributed by atoms with E-state index in [9.17, 15) is 4.79 Å². The summed E-state index contributed by atoms with van der Waals surface area (Å²) < 4.78 is 11.7. The largest absolute Gasteiger partial charge is 0.454 e. The van der Waals surface area contributed by atoms with Gasteiger partial charge in [-0.3, -0.25) is 9.69 Å². The van der Waals surface area contributed by atoms with Crippen LogP contribution in [0.3, 0.4) is 0 Å². The van der Waals surface area contributed by atoms with E-state index in [0.29, 0.717) is 0 Å². The third-order valence-electron chi connectivity index (χ3n) is 4.54. The third kappa shape index (κ3) is 3.91. The fourth-order valence-corrected chi connectivity index (χ4v) is 2.94. The van der Waals surface area contributed by atoms with Gasteiger partial charge in [-0.15, -0.1) is 0 Å². The van der Waals surface area contributed by atoms with E-state index in [-0.39, 0.29) is 30.3 Å². The number of piperazine rings is 1. The molecule has 0 aromatic heterocycles. The predicted molar refractivity (Wildman–Crippen MR) is 87.8 cm³/mol. The van der Waals surface area contributed by atoms with Crippen LogP contribution in [0.25, 0.3) is 0 Å². The van der Waals surface area contributed by atoms with Crippen molar-refractivity contribution in [2.75, 3.05) is 33.2 Å². The molecule has 0 aliphatic carbocycles. The first kappa shape index (κ1) is 16.4. The van der Waals surface area contributed by atoms with Crippen molar-refractivity contribution < 1.29 is 14.3 Å². The summed E-state index contributed by atoms with van der Waals surface area (Å²) >= 11 is 0. The third-order valence-corrected chi connectivity index (χ3v) is 4.54. The Balaban J connectivity index is 1.69. The maximum atomic E-state index is 12.1. The maximum Gasteiger partial charge on any atom is 0.309 e. The first-order chi connectivity index (χ1) is 11.1. The zero-order valence-electron chi connectivity index (χ0n) is 14.1. The van der Waals surface area contributed by atoms with E-state index < -0.39 is 0 Å². The highest BCUT2D eigenvalue weighted by molar-refractivity contribution is 5.72. The van der Waals surface area contributed by atoms with Crippen molar-refractivity contribution in [3.05, 3.63) is 35.9 Å². The molecule has 2 fully saturated rings. The molecule has 126 valence electrons. The van der Waals surface area contributed by atoms with Crippen molar-refractivity contribution in [3.63, 3.8) is 0 Å². The van der Waals surface area contributed by atoms with Gasteiger partial charge in [0.15, 0.2) is 6.10 Å². The van der Waals surface area contributed by atoms with Crippen molar-refractivity contribution in [3.8, 4) is 0 Å². The Hall–Kier alpha value is -1.43.